The molecule has 0 aromatic carbocycles. The molecule has 3 atom stereocenters. The normalized spacial score (nSPS) is 33.9. The van der Waals surface area contributed by atoms with Crippen molar-refractivity contribution in [2.75, 3.05) is 0 Å². The van der Waals surface area contributed by atoms with E-state index < -0.39 is 5.97 Å². The molecule has 0 heterocycles. The molecular formula is C20H30O3. The molecule has 0 saturated heterocycles. The number of carboxylic acid groups (broad SMARTS) is 1. The Hall–Kier alpha value is -1.38. The highest BCUT2D eigenvalue weighted by Crippen LogP contribution is 2.61. The summed E-state index contributed by atoms with van der Waals surface area (Å²) in [6.07, 6.45) is 9.06. The quantitative estimate of drug-likeness (QED) is 0.451. The molecule has 0 amide bonds. The van der Waals surface area contributed by atoms with Crippen LogP contribution in [0.4, 0.5) is 0 Å². The van der Waals surface area contributed by atoms with Crippen molar-refractivity contribution in [3.63, 3.8) is 0 Å². The fraction of sp³-hybridized carbons (Fsp3) is 0.700. The van der Waals surface area contributed by atoms with E-state index in [1.165, 1.54) is 31.3 Å². The molecular weight excluding hydrogens is 288 g/mol. The summed E-state index contributed by atoms with van der Waals surface area (Å²) in [6.45, 7) is 11.5. The van der Waals surface area contributed by atoms with Crippen LogP contribution < -0.4 is 0 Å². The molecule has 128 valence electrons. The minimum Gasteiger partial charge on any atom is -0.481 e. The van der Waals surface area contributed by atoms with Gasteiger partial charge in [0, 0.05) is 0 Å². The van der Waals surface area contributed by atoms with Gasteiger partial charge in [-0.1, -0.05) is 45.4 Å². The summed E-state index contributed by atoms with van der Waals surface area (Å²) >= 11 is 0. The van der Waals surface area contributed by atoms with Crippen molar-refractivity contribution >= 4 is 12.3 Å². The van der Waals surface area contributed by atoms with Crippen molar-refractivity contribution in [2.45, 2.75) is 65.7 Å². The summed E-state index contributed by atoms with van der Waals surface area (Å²) < 4.78 is 0. The molecule has 0 aliphatic heterocycles. The molecule has 2 fully saturated rings. The van der Waals surface area contributed by atoms with Gasteiger partial charge in [-0.05, 0) is 60.3 Å². The van der Waals surface area contributed by atoms with Gasteiger partial charge in [0.1, 0.15) is 6.29 Å². The first-order chi connectivity index (χ1) is 10.7. The first-order valence-corrected chi connectivity index (χ1v) is 8.74. The topological polar surface area (TPSA) is 54.4 Å². The Labute approximate surface area is 139 Å². The van der Waals surface area contributed by atoms with Crippen LogP contribution in [0.2, 0.25) is 0 Å². The van der Waals surface area contributed by atoms with Crippen LogP contribution in [0.15, 0.2) is 23.8 Å². The molecule has 23 heavy (non-hydrogen) atoms. The number of fused-ring (bicyclic) bond motifs is 1. The molecule has 2 rings (SSSR count). The van der Waals surface area contributed by atoms with E-state index in [9.17, 15) is 9.59 Å². The smallest absolute Gasteiger partial charge is 0.307 e. The third kappa shape index (κ3) is 3.59. The maximum atomic E-state index is 11.1. The molecule has 0 radical (unpaired) electrons. The second kappa shape index (κ2) is 6.62. The first kappa shape index (κ1) is 18.0. The number of aliphatic carboxylic acids is 1. The van der Waals surface area contributed by atoms with E-state index in [0.29, 0.717) is 29.1 Å². The Morgan fingerprint density at radius 2 is 2.04 bits per heavy atom. The van der Waals surface area contributed by atoms with Gasteiger partial charge in [-0.3, -0.25) is 9.59 Å². The summed E-state index contributed by atoms with van der Waals surface area (Å²) in [6, 6.07) is 0. The van der Waals surface area contributed by atoms with E-state index in [1.807, 2.05) is 6.08 Å². The molecule has 0 aromatic heterocycles. The lowest BCUT2D eigenvalue weighted by Crippen LogP contribution is -2.49. The second-order valence-electron chi connectivity index (χ2n) is 8.35. The predicted octanol–water partition coefficient (Wildman–Crippen LogP) is 4.78. The van der Waals surface area contributed by atoms with Crippen LogP contribution in [-0.4, -0.2) is 17.4 Å². The van der Waals surface area contributed by atoms with E-state index in [2.05, 4.69) is 27.4 Å². The molecule has 0 aromatic rings. The summed E-state index contributed by atoms with van der Waals surface area (Å²) in [4.78, 5) is 21.9. The van der Waals surface area contributed by atoms with Crippen LogP contribution in [0, 0.1) is 22.7 Å². The van der Waals surface area contributed by atoms with Gasteiger partial charge in [0.05, 0.1) is 6.42 Å². The SMILES string of the molecule is C=C1CC[C@H]2C(C)(C)CCC[C@]2(C)C1C/C=C(/C=O)CC(=O)O. The van der Waals surface area contributed by atoms with Gasteiger partial charge < -0.3 is 5.11 Å². The molecule has 2 saturated carbocycles. The van der Waals surface area contributed by atoms with Crippen LogP contribution >= 0.6 is 0 Å². The molecule has 3 nitrogen and oxygen atoms in total. The summed E-state index contributed by atoms with van der Waals surface area (Å²) in [5.41, 5.74) is 2.22. The number of aldehydes is 1. The fourth-order valence-electron chi connectivity index (χ4n) is 5.32. The third-order valence-corrected chi connectivity index (χ3v) is 6.44. The summed E-state index contributed by atoms with van der Waals surface area (Å²) in [5.74, 6) is 0.0742. The monoisotopic (exact) mass is 318 g/mol. The van der Waals surface area contributed by atoms with Crippen LogP contribution in [0.5, 0.6) is 0 Å². The molecule has 2 aliphatic rings. The standard InChI is InChI=1S/C20H30O3/c1-14-6-9-17-19(2,3)10-5-11-20(17,4)16(14)8-7-15(13-21)12-18(22)23/h7,13,16-17H,1,5-6,8-12H2,2-4H3,(H,22,23)/b15-7+/t16?,17-,20+/m0/s1. The number of carbonyl (C=O) groups is 2. The van der Waals surface area contributed by atoms with E-state index in [0.717, 1.165) is 12.8 Å². The van der Waals surface area contributed by atoms with E-state index in [1.54, 1.807) is 0 Å². The van der Waals surface area contributed by atoms with Crippen molar-refractivity contribution in [1.82, 2.24) is 0 Å². The van der Waals surface area contributed by atoms with E-state index in [-0.39, 0.29) is 11.8 Å². The summed E-state index contributed by atoms with van der Waals surface area (Å²) in [5, 5.41) is 8.89. The largest absolute Gasteiger partial charge is 0.481 e. The highest BCUT2D eigenvalue weighted by molar-refractivity contribution is 5.83. The van der Waals surface area contributed by atoms with Gasteiger partial charge in [-0.25, -0.2) is 0 Å². The number of rotatable bonds is 5. The molecule has 3 heteroatoms. The molecule has 2 aliphatic carbocycles. The Morgan fingerprint density at radius 3 is 2.65 bits per heavy atom. The van der Waals surface area contributed by atoms with Crippen molar-refractivity contribution in [2.24, 2.45) is 22.7 Å². The number of hydrogen-bond donors (Lipinski definition) is 1. The molecule has 0 spiro atoms. The third-order valence-electron chi connectivity index (χ3n) is 6.44. The zero-order valence-electron chi connectivity index (χ0n) is 14.7. The number of carbonyl (C=O) groups excluding carboxylic acids is 1. The number of carboxylic acids is 1. The van der Waals surface area contributed by atoms with Crippen LogP contribution in [-0.2, 0) is 9.59 Å². The van der Waals surface area contributed by atoms with Gasteiger partial charge in [-0.2, -0.15) is 0 Å². The van der Waals surface area contributed by atoms with E-state index >= 15 is 0 Å². The Kier molecular flexibility index (Phi) is 5.17. The average Bonchev–Trinajstić information content (AvgIpc) is 2.43. The zero-order chi connectivity index (χ0) is 17.3. The molecule has 0 bridgehead atoms. The maximum Gasteiger partial charge on any atom is 0.307 e. The van der Waals surface area contributed by atoms with Crippen LogP contribution in [0.3, 0.4) is 0 Å². The van der Waals surface area contributed by atoms with Crippen LogP contribution in [0.25, 0.3) is 0 Å². The van der Waals surface area contributed by atoms with Gasteiger partial charge in [0.25, 0.3) is 0 Å². The van der Waals surface area contributed by atoms with Crippen LogP contribution in [0.1, 0.15) is 65.7 Å². The van der Waals surface area contributed by atoms with Gasteiger partial charge >= 0.3 is 5.97 Å². The fourth-order valence-corrected chi connectivity index (χ4v) is 5.32. The lowest BCUT2D eigenvalue weighted by molar-refractivity contribution is -0.136. The summed E-state index contributed by atoms with van der Waals surface area (Å²) in [7, 11) is 0. The minimum absolute atomic E-state index is 0.186. The number of allylic oxidation sites excluding steroid dienone is 2. The zero-order valence-corrected chi connectivity index (χ0v) is 14.7. The Balaban J connectivity index is 2.24. The van der Waals surface area contributed by atoms with Crippen molar-refractivity contribution in [3.8, 4) is 0 Å². The highest BCUT2D eigenvalue weighted by atomic mass is 16.4. The van der Waals surface area contributed by atoms with Crippen molar-refractivity contribution in [1.29, 1.82) is 0 Å². The Bertz CT molecular complexity index is 529. The molecule has 1 unspecified atom stereocenters. The first-order valence-electron chi connectivity index (χ1n) is 8.74. The lowest BCUT2D eigenvalue weighted by Gasteiger charge is -2.58. The van der Waals surface area contributed by atoms with Crippen molar-refractivity contribution in [3.05, 3.63) is 23.8 Å². The number of hydrogen-bond acceptors (Lipinski definition) is 2. The second-order valence-corrected chi connectivity index (χ2v) is 8.35. The average molecular weight is 318 g/mol. The van der Waals surface area contributed by atoms with Gasteiger partial charge in [-0.15, -0.1) is 0 Å². The van der Waals surface area contributed by atoms with Gasteiger partial charge in [0.2, 0.25) is 0 Å². The highest BCUT2D eigenvalue weighted by Gasteiger charge is 2.52. The Morgan fingerprint density at radius 1 is 1.35 bits per heavy atom. The minimum atomic E-state index is -0.950. The maximum absolute atomic E-state index is 11.1. The lowest BCUT2D eigenvalue weighted by atomic mass is 9.47. The molecule has 1 N–H and O–H groups in total. The predicted molar refractivity (Wildman–Crippen MR) is 92.1 cm³/mol. The van der Waals surface area contributed by atoms with Gasteiger partial charge in [0.15, 0.2) is 0 Å². The van der Waals surface area contributed by atoms with Crippen molar-refractivity contribution < 1.29 is 14.7 Å². The van der Waals surface area contributed by atoms with E-state index in [4.69, 9.17) is 5.11 Å².